The molecule has 0 saturated carbocycles. The molecule has 2 aromatic carbocycles. The molecule has 0 aromatic heterocycles. The van der Waals surface area contributed by atoms with Crippen LogP contribution in [0.4, 0.5) is 13.6 Å². The lowest BCUT2D eigenvalue weighted by Crippen LogP contribution is -2.58. The Morgan fingerprint density at radius 2 is 1.86 bits per heavy atom. The monoisotopic (exact) mass is 422 g/mol. The van der Waals surface area contributed by atoms with E-state index in [-0.39, 0.29) is 0 Å². The van der Waals surface area contributed by atoms with Gasteiger partial charge in [0.1, 0.15) is 5.75 Å². The summed E-state index contributed by atoms with van der Waals surface area (Å²) in [6.07, 6.45) is -1.38. The Labute approximate surface area is 170 Å². The number of alkyl halides is 2. The molecule has 1 saturated heterocycles. The number of fused-ring (bicyclic) bond motifs is 1. The van der Waals surface area contributed by atoms with Gasteiger partial charge in [-0.15, -0.1) is 0 Å². The molecule has 4 rings (SSSR count). The fourth-order valence-electron chi connectivity index (χ4n) is 3.45. The first-order valence-corrected chi connectivity index (χ1v) is 9.25. The van der Waals surface area contributed by atoms with E-state index >= 15 is 0 Å². The number of benzene rings is 2. The number of carbonyl (C=O) groups is 2. The van der Waals surface area contributed by atoms with Crippen molar-refractivity contribution in [3.05, 3.63) is 52.5 Å². The highest BCUT2D eigenvalue weighted by Crippen LogP contribution is 2.40. The van der Waals surface area contributed by atoms with Crippen LogP contribution in [-0.4, -0.2) is 59.2 Å². The van der Waals surface area contributed by atoms with Gasteiger partial charge >= 0.3 is 6.09 Å². The molecule has 6 nitrogen and oxygen atoms in total. The van der Waals surface area contributed by atoms with Gasteiger partial charge in [-0.25, -0.2) is 13.6 Å². The van der Waals surface area contributed by atoms with Crippen LogP contribution in [0, 0.1) is 0 Å². The molecule has 0 spiro atoms. The van der Waals surface area contributed by atoms with Gasteiger partial charge in [0, 0.05) is 24.6 Å². The first-order valence-electron chi connectivity index (χ1n) is 8.87. The zero-order valence-corrected chi connectivity index (χ0v) is 16.1. The maximum atomic E-state index is 13.0. The minimum absolute atomic E-state index is 0.336. The van der Waals surface area contributed by atoms with Crippen molar-refractivity contribution in [3.63, 3.8) is 0 Å². The largest absolute Gasteiger partial charge is 0.468 e. The van der Waals surface area contributed by atoms with Gasteiger partial charge in [0.05, 0.1) is 18.1 Å². The quantitative estimate of drug-likeness (QED) is 0.812. The van der Waals surface area contributed by atoms with Gasteiger partial charge in [0.2, 0.25) is 0 Å². The van der Waals surface area contributed by atoms with Crippen LogP contribution >= 0.6 is 11.6 Å². The number of hydrogen-bond acceptors (Lipinski definition) is 3. The summed E-state index contributed by atoms with van der Waals surface area (Å²) in [4.78, 5) is 25.6. The van der Waals surface area contributed by atoms with Crippen LogP contribution in [0.5, 0.6) is 5.75 Å². The second-order valence-corrected chi connectivity index (χ2v) is 7.62. The smallest absolute Gasteiger partial charge is 0.409 e. The number of rotatable bonds is 3. The van der Waals surface area contributed by atoms with Crippen LogP contribution in [0.3, 0.4) is 0 Å². The maximum absolute atomic E-state index is 13.0. The van der Waals surface area contributed by atoms with Gasteiger partial charge in [-0.2, -0.15) is 0 Å². The Balaban J connectivity index is 1.53. The van der Waals surface area contributed by atoms with Gasteiger partial charge in [-0.05, 0) is 35.4 Å². The zero-order chi connectivity index (χ0) is 20.9. The number of nitrogens with zero attached hydrogens (tertiary/aromatic N) is 2. The van der Waals surface area contributed by atoms with Crippen LogP contribution in [0.15, 0.2) is 36.4 Å². The highest BCUT2D eigenvalue weighted by Gasteiger charge is 2.46. The second-order valence-electron chi connectivity index (χ2n) is 7.21. The predicted octanol–water partition coefficient (Wildman–Crippen LogP) is 3.97. The fraction of sp³-hybridized carbons (Fsp3) is 0.300. The van der Waals surface area contributed by atoms with E-state index in [9.17, 15) is 18.4 Å². The molecule has 29 heavy (non-hydrogen) atoms. The summed E-state index contributed by atoms with van der Waals surface area (Å²) < 4.78 is 31.6. The number of carboxylic acid groups (broad SMARTS) is 1. The molecule has 0 radical (unpaired) electrons. The summed E-state index contributed by atoms with van der Waals surface area (Å²) in [6.45, 7) is -1.11. The molecule has 1 fully saturated rings. The third-order valence-corrected chi connectivity index (χ3v) is 5.38. The summed E-state index contributed by atoms with van der Waals surface area (Å²) in [5, 5.41) is 9.49. The van der Waals surface area contributed by atoms with E-state index in [1.165, 1.54) is 7.05 Å². The SMILES string of the molecule is CN(C(=O)O)C1Cc2cc(-c3ccc(C(=O)N4CC(F)(F)C4)cc3)cc(Cl)c2O1. The predicted molar refractivity (Wildman–Crippen MR) is 102 cm³/mol. The number of ether oxygens (including phenoxy) is 1. The first-order chi connectivity index (χ1) is 13.6. The standard InChI is InChI=1S/C20H17ClF2N2O4/c1-24(19(27)28)16-8-14-6-13(7-15(21)17(14)29-16)11-2-4-12(5-3-11)18(26)25-9-20(22,23)10-25/h2-7,16H,8-10H2,1H3,(H,27,28). The molecule has 152 valence electrons. The summed E-state index contributed by atoms with van der Waals surface area (Å²) in [5.41, 5.74) is 2.69. The van der Waals surface area contributed by atoms with E-state index in [2.05, 4.69) is 0 Å². The van der Waals surface area contributed by atoms with Crippen LogP contribution in [0.2, 0.25) is 5.02 Å². The Hall–Kier alpha value is -2.87. The summed E-state index contributed by atoms with van der Waals surface area (Å²) in [6, 6.07) is 10.2. The van der Waals surface area contributed by atoms with Gasteiger partial charge in [0.25, 0.3) is 11.8 Å². The van der Waals surface area contributed by atoms with Crippen molar-refractivity contribution in [3.8, 4) is 16.9 Å². The zero-order valence-electron chi connectivity index (χ0n) is 15.4. The van der Waals surface area contributed by atoms with Crippen LogP contribution in [0.1, 0.15) is 15.9 Å². The van der Waals surface area contributed by atoms with E-state index in [4.69, 9.17) is 21.4 Å². The van der Waals surface area contributed by atoms with Crippen molar-refractivity contribution in [1.82, 2.24) is 9.80 Å². The lowest BCUT2D eigenvalue weighted by atomic mass is 9.99. The second kappa shape index (κ2) is 6.88. The molecular formula is C20H17ClF2N2O4. The molecule has 2 amide bonds. The molecule has 2 heterocycles. The molecule has 0 aliphatic carbocycles. The number of amides is 2. The van der Waals surface area contributed by atoms with Gasteiger partial charge in [0.15, 0.2) is 6.23 Å². The molecule has 2 aromatic rings. The molecule has 1 atom stereocenters. The molecule has 1 unspecified atom stereocenters. The third kappa shape index (κ3) is 3.60. The normalized spacial score (nSPS) is 19.2. The first kappa shape index (κ1) is 19.4. The number of halogens is 3. The summed E-state index contributed by atoms with van der Waals surface area (Å²) in [5.74, 6) is -2.77. The van der Waals surface area contributed by atoms with E-state index in [1.54, 1.807) is 30.3 Å². The van der Waals surface area contributed by atoms with Crippen LogP contribution in [-0.2, 0) is 6.42 Å². The summed E-state index contributed by atoms with van der Waals surface area (Å²) in [7, 11) is 1.43. The molecule has 2 aliphatic heterocycles. The Morgan fingerprint density at radius 1 is 1.21 bits per heavy atom. The van der Waals surface area contributed by atoms with E-state index < -0.39 is 37.2 Å². The van der Waals surface area contributed by atoms with Crippen LogP contribution in [0.25, 0.3) is 11.1 Å². The maximum Gasteiger partial charge on any atom is 0.409 e. The van der Waals surface area contributed by atoms with E-state index in [0.29, 0.717) is 22.8 Å². The molecule has 0 bridgehead atoms. The Kier molecular flexibility index (Phi) is 4.61. The number of carbonyl (C=O) groups excluding carboxylic acids is 1. The number of likely N-dealkylation sites (N-methyl/N-ethyl adjacent to an activating group) is 1. The van der Waals surface area contributed by atoms with Gasteiger partial charge in [-0.3, -0.25) is 9.69 Å². The average Bonchev–Trinajstić information content (AvgIpc) is 3.09. The van der Waals surface area contributed by atoms with Gasteiger partial charge < -0.3 is 14.7 Å². The van der Waals surface area contributed by atoms with Crippen LogP contribution < -0.4 is 4.74 Å². The highest BCUT2D eigenvalue weighted by atomic mass is 35.5. The summed E-state index contributed by atoms with van der Waals surface area (Å²) >= 11 is 6.33. The van der Waals surface area contributed by atoms with Crippen molar-refractivity contribution in [1.29, 1.82) is 0 Å². The van der Waals surface area contributed by atoms with Crippen molar-refractivity contribution in [2.24, 2.45) is 0 Å². The molecule has 1 N–H and O–H groups in total. The topological polar surface area (TPSA) is 70.1 Å². The van der Waals surface area contributed by atoms with Crippen molar-refractivity contribution >= 4 is 23.6 Å². The molecule has 9 heteroatoms. The molecular weight excluding hydrogens is 406 g/mol. The Morgan fingerprint density at radius 3 is 2.45 bits per heavy atom. The van der Waals surface area contributed by atoms with Crippen molar-refractivity contribution in [2.75, 3.05) is 20.1 Å². The van der Waals surface area contributed by atoms with Gasteiger partial charge in [-0.1, -0.05) is 23.7 Å². The molecule has 2 aliphatic rings. The minimum Gasteiger partial charge on any atom is -0.468 e. The third-order valence-electron chi connectivity index (χ3n) is 5.10. The average molecular weight is 423 g/mol. The Bertz CT molecular complexity index is 989. The number of hydrogen-bond donors (Lipinski definition) is 1. The lowest BCUT2D eigenvalue weighted by molar-refractivity contribution is -0.113. The van der Waals surface area contributed by atoms with Crippen molar-refractivity contribution in [2.45, 2.75) is 18.6 Å². The lowest BCUT2D eigenvalue weighted by Gasteiger charge is -2.38. The fourth-order valence-corrected chi connectivity index (χ4v) is 3.73. The van der Waals surface area contributed by atoms with Crippen molar-refractivity contribution < 1.29 is 28.2 Å². The highest BCUT2D eigenvalue weighted by molar-refractivity contribution is 6.32. The minimum atomic E-state index is -2.80. The number of likely N-dealkylation sites (tertiary alicyclic amines) is 1. The van der Waals surface area contributed by atoms with E-state index in [0.717, 1.165) is 26.5 Å². The van der Waals surface area contributed by atoms with E-state index in [1.807, 2.05) is 6.07 Å².